The zero-order valence-corrected chi connectivity index (χ0v) is 10.7. The number of benzene rings is 2. The zero-order valence-electron chi connectivity index (χ0n) is 10.7. The second-order valence-electron chi connectivity index (χ2n) is 4.68. The Morgan fingerprint density at radius 3 is 2.05 bits per heavy atom. The van der Waals surface area contributed by atoms with Gasteiger partial charge in [-0.3, -0.25) is 0 Å². The van der Waals surface area contributed by atoms with Gasteiger partial charge in [-0.15, -0.1) is 0 Å². The first kappa shape index (κ1) is 12.2. The average Bonchev–Trinajstić information content (AvgIpc) is 2.49. The van der Waals surface area contributed by atoms with Crippen molar-refractivity contribution < 1.29 is 9.47 Å². The molecule has 98 valence electrons. The van der Waals surface area contributed by atoms with Gasteiger partial charge in [0.15, 0.2) is 0 Å². The van der Waals surface area contributed by atoms with Crippen LogP contribution in [0.4, 0.5) is 5.69 Å². The molecule has 0 amide bonds. The van der Waals surface area contributed by atoms with Gasteiger partial charge in [-0.25, -0.2) is 0 Å². The third kappa shape index (κ3) is 2.78. The monoisotopic (exact) mass is 255 g/mol. The van der Waals surface area contributed by atoms with Crippen LogP contribution in [0.1, 0.15) is 11.7 Å². The molecule has 0 aromatic heterocycles. The summed E-state index contributed by atoms with van der Waals surface area (Å²) in [6, 6.07) is 16.3. The van der Waals surface area contributed by atoms with E-state index in [4.69, 9.17) is 15.2 Å². The van der Waals surface area contributed by atoms with Gasteiger partial charge in [-0.1, -0.05) is 36.4 Å². The molecule has 1 aliphatic rings. The molecule has 3 nitrogen and oxygen atoms in total. The average molecular weight is 255 g/mol. The van der Waals surface area contributed by atoms with E-state index in [-0.39, 0.29) is 6.10 Å². The van der Waals surface area contributed by atoms with Crippen LogP contribution in [0.3, 0.4) is 0 Å². The third-order valence-electron chi connectivity index (χ3n) is 3.34. The molecule has 3 rings (SSSR count). The van der Waals surface area contributed by atoms with Crippen molar-refractivity contribution in [3.05, 3.63) is 54.1 Å². The van der Waals surface area contributed by atoms with Gasteiger partial charge >= 0.3 is 0 Å². The first-order chi connectivity index (χ1) is 9.33. The van der Waals surface area contributed by atoms with E-state index < -0.39 is 0 Å². The minimum atomic E-state index is 0.0641. The highest BCUT2D eigenvalue weighted by atomic mass is 16.6. The Hall–Kier alpha value is -1.84. The Bertz CT molecular complexity index is 528. The van der Waals surface area contributed by atoms with Gasteiger partial charge in [-0.2, -0.15) is 0 Å². The number of rotatable bonds is 2. The molecular formula is C16H17NO2. The van der Waals surface area contributed by atoms with Crippen LogP contribution in [0.25, 0.3) is 11.1 Å². The van der Waals surface area contributed by atoms with Crippen LogP contribution in [-0.2, 0) is 9.47 Å². The lowest BCUT2D eigenvalue weighted by Gasteiger charge is -2.23. The minimum absolute atomic E-state index is 0.0641. The van der Waals surface area contributed by atoms with Crippen molar-refractivity contribution >= 4 is 5.69 Å². The Kier molecular flexibility index (Phi) is 3.49. The summed E-state index contributed by atoms with van der Waals surface area (Å²) >= 11 is 0. The van der Waals surface area contributed by atoms with Crippen LogP contribution >= 0.6 is 0 Å². The summed E-state index contributed by atoms with van der Waals surface area (Å²) in [5.41, 5.74) is 10.00. The second-order valence-corrected chi connectivity index (χ2v) is 4.68. The highest BCUT2D eigenvalue weighted by molar-refractivity contribution is 5.65. The fourth-order valence-electron chi connectivity index (χ4n) is 2.25. The fraction of sp³-hybridized carbons (Fsp3) is 0.250. The van der Waals surface area contributed by atoms with E-state index in [1.54, 1.807) is 0 Å². The van der Waals surface area contributed by atoms with Crippen LogP contribution in [0.2, 0.25) is 0 Å². The summed E-state index contributed by atoms with van der Waals surface area (Å²) in [6.45, 7) is 2.01. The zero-order chi connectivity index (χ0) is 13.1. The highest BCUT2D eigenvalue weighted by Gasteiger charge is 2.16. The first-order valence-electron chi connectivity index (χ1n) is 6.48. The maximum Gasteiger partial charge on any atom is 0.106 e. The molecule has 0 spiro atoms. The summed E-state index contributed by atoms with van der Waals surface area (Å²) in [7, 11) is 0. The molecule has 1 unspecified atom stereocenters. The van der Waals surface area contributed by atoms with Crippen molar-refractivity contribution in [2.24, 2.45) is 0 Å². The summed E-state index contributed by atoms with van der Waals surface area (Å²) in [5, 5.41) is 0. The second kappa shape index (κ2) is 5.43. The quantitative estimate of drug-likeness (QED) is 0.839. The topological polar surface area (TPSA) is 44.5 Å². The molecule has 0 aliphatic carbocycles. The molecule has 0 radical (unpaired) electrons. The van der Waals surface area contributed by atoms with Crippen molar-refractivity contribution in [2.75, 3.05) is 25.6 Å². The van der Waals surface area contributed by atoms with E-state index in [9.17, 15) is 0 Å². The van der Waals surface area contributed by atoms with Crippen molar-refractivity contribution in [1.29, 1.82) is 0 Å². The molecule has 1 heterocycles. The van der Waals surface area contributed by atoms with Gasteiger partial charge in [0.25, 0.3) is 0 Å². The van der Waals surface area contributed by atoms with E-state index in [0.717, 1.165) is 5.69 Å². The highest BCUT2D eigenvalue weighted by Crippen LogP contribution is 2.25. The molecule has 1 fully saturated rings. The number of ether oxygens (including phenoxy) is 2. The lowest BCUT2D eigenvalue weighted by molar-refractivity contribution is -0.0901. The Morgan fingerprint density at radius 1 is 0.842 bits per heavy atom. The van der Waals surface area contributed by atoms with Crippen LogP contribution in [0.15, 0.2) is 48.5 Å². The first-order valence-corrected chi connectivity index (χ1v) is 6.48. The summed E-state index contributed by atoms with van der Waals surface area (Å²) in [5.74, 6) is 0. The van der Waals surface area contributed by atoms with E-state index in [1.165, 1.54) is 16.7 Å². The maximum atomic E-state index is 5.70. The van der Waals surface area contributed by atoms with Gasteiger partial charge in [0.05, 0.1) is 19.8 Å². The van der Waals surface area contributed by atoms with E-state index in [0.29, 0.717) is 19.8 Å². The van der Waals surface area contributed by atoms with Gasteiger partial charge < -0.3 is 15.2 Å². The number of hydrogen-bond acceptors (Lipinski definition) is 3. The van der Waals surface area contributed by atoms with Crippen molar-refractivity contribution in [3.8, 4) is 11.1 Å². The van der Waals surface area contributed by atoms with Gasteiger partial charge in [0.1, 0.15) is 6.10 Å². The molecule has 1 saturated heterocycles. The lowest BCUT2D eigenvalue weighted by atomic mass is 10.0. The van der Waals surface area contributed by atoms with Crippen molar-refractivity contribution in [2.45, 2.75) is 6.10 Å². The molecular weight excluding hydrogens is 238 g/mol. The van der Waals surface area contributed by atoms with Crippen LogP contribution < -0.4 is 5.73 Å². The molecule has 1 aliphatic heterocycles. The SMILES string of the molecule is Nc1ccc(-c2ccc(C3COCCO3)cc2)cc1. The van der Waals surface area contributed by atoms with E-state index in [2.05, 4.69) is 24.3 Å². The summed E-state index contributed by atoms with van der Waals surface area (Å²) in [6.07, 6.45) is 0.0641. The standard InChI is InChI=1S/C16H17NO2/c17-15-7-5-13(6-8-15)12-1-3-14(4-2-12)16-11-18-9-10-19-16/h1-8,16H,9-11,17H2. The molecule has 2 N–H and O–H groups in total. The number of anilines is 1. The van der Waals surface area contributed by atoms with Crippen molar-refractivity contribution in [1.82, 2.24) is 0 Å². The number of nitrogens with two attached hydrogens (primary N) is 1. The van der Waals surface area contributed by atoms with Gasteiger partial charge in [-0.05, 0) is 28.8 Å². The Balaban J connectivity index is 1.80. The third-order valence-corrected chi connectivity index (χ3v) is 3.34. The smallest absolute Gasteiger partial charge is 0.106 e. The summed E-state index contributed by atoms with van der Waals surface area (Å²) < 4.78 is 11.1. The van der Waals surface area contributed by atoms with E-state index >= 15 is 0 Å². The van der Waals surface area contributed by atoms with Crippen LogP contribution in [0, 0.1) is 0 Å². The maximum absolute atomic E-state index is 5.70. The predicted octanol–water partition coefficient (Wildman–Crippen LogP) is 3.02. The lowest BCUT2D eigenvalue weighted by Crippen LogP contribution is -2.21. The van der Waals surface area contributed by atoms with Crippen LogP contribution in [0.5, 0.6) is 0 Å². The van der Waals surface area contributed by atoms with E-state index in [1.807, 2.05) is 24.3 Å². The molecule has 19 heavy (non-hydrogen) atoms. The molecule has 2 aromatic carbocycles. The van der Waals surface area contributed by atoms with Gasteiger partial charge in [0, 0.05) is 5.69 Å². The fourth-order valence-corrected chi connectivity index (χ4v) is 2.25. The summed E-state index contributed by atoms with van der Waals surface area (Å²) in [4.78, 5) is 0. The molecule has 0 bridgehead atoms. The predicted molar refractivity (Wildman–Crippen MR) is 75.8 cm³/mol. The molecule has 0 saturated carbocycles. The largest absolute Gasteiger partial charge is 0.399 e. The van der Waals surface area contributed by atoms with Crippen LogP contribution in [-0.4, -0.2) is 19.8 Å². The molecule has 1 atom stereocenters. The Morgan fingerprint density at radius 2 is 1.47 bits per heavy atom. The molecule has 2 aromatic rings. The van der Waals surface area contributed by atoms with Gasteiger partial charge in [0.2, 0.25) is 0 Å². The Labute approximate surface area is 113 Å². The molecule has 3 heteroatoms. The van der Waals surface area contributed by atoms with Crippen molar-refractivity contribution in [3.63, 3.8) is 0 Å². The minimum Gasteiger partial charge on any atom is -0.399 e. The number of nitrogen functional groups attached to an aromatic ring is 1. The normalized spacial score (nSPS) is 19.3. The number of hydrogen-bond donors (Lipinski definition) is 1.